The van der Waals surface area contributed by atoms with Gasteiger partial charge in [-0.25, -0.2) is 9.67 Å². The maximum Gasteiger partial charge on any atom is 0.140 e. The van der Waals surface area contributed by atoms with Gasteiger partial charge in [-0.15, -0.1) is 0 Å². The van der Waals surface area contributed by atoms with Crippen molar-refractivity contribution >= 4 is 15.9 Å². The van der Waals surface area contributed by atoms with E-state index >= 15 is 0 Å². The fourth-order valence-electron chi connectivity index (χ4n) is 1.93. The molecule has 1 aliphatic heterocycles. The molecule has 0 bridgehead atoms. The van der Waals surface area contributed by atoms with Crippen molar-refractivity contribution in [3.63, 3.8) is 0 Å². The van der Waals surface area contributed by atoms with Crippen molar-refractivity contribution in [2.24, 2.45) is 0 Å². The molecule has 0 saturated carbocycles. The molecule has 15 heavy (non-hydrogen) atoms. The number of piperidine rings is 1. The number of hydrogen-bond donors (Lipinski definition) is 0. The summed E-state index contributed by atoms with van der Waals surface area (Å²) in [6, 6.07) is 0. The van der Waals surface area contributed by atoms with Crippen LogP contribution in [0.3, 0.4) is 0 Å². The van der Waals surface area contributed by atoms with Crippen LogP contribution >= 0.6 is 15.9 Å². The number of halogens is 1. The third-order valence-electron chi connectivity index (χ3n) is 2.88. The van der Waals surface area contributed by atoms with Gasteiger partial charge in [0, 0.05) is 11.4 Å². The van der Waals surface area contributed by atoms with E-state index < -0.39 is 0 Å². The average Bonchev–Trinajstić information content (AvgIpc) is 2.69. The number of rotatable bonds is 3. The molecule has 1 aromatic heterocycles. The molecule has 0 radical (unpaired) electrons. The Labute approximate surface area is 98.8 Å². The summed E-state index contributed by atoms with van der Waals surface area (Å²) in [4.78, 5) is 7.46. The van der Waals surface area contributed by atoms with Crippen molar-refractivity contribution < 1.29 is 0 Å². The van der Waals surface area contributed by atoms with E-state index in [0.717, 1.165) is 32.0 Å². The average molecular weight is 273 g/mol. The zero-order valence-electron chi connectivity index (χ0n) is 9.06. The van der Waals surface area contributed by atoms with Crippen LogP contribution in [0.1, 0.15) is 25.6 Å². The van der Waals surface area contributed by atoms with E-state index in [4.69, 9.17) is 0 Å². The summed E-state index contributed by atoms with van der Waals surface area (Å²) in [6.07, 6.45) is 4.12. The highest BCUT2D eigenvalue weighted by Crippen LogP contribution is 2.18. The van der Waals surface area contributed by atoms with E-state index in [1.807, 2.05) is 4.68 Å². The van der Waals surface area contributed by atoms with E-state index in [1.165, 1.54) is 12.8 Å². The Bertz CT molecular complexity index is 304. The Kier molecular flexibility index (Phi) is 3.75. The first-order valence-corrected chi connectivity index (χ1v) is 6.44. The first-order valence-electron chi connectivity index (χ1n) is 5.52. The molecule has 1 aliphatic rings. The molecule has 0 atom stereocenters. The number of hydrogen-bond acceptors (Lipinski definition) is 3. The molecule has 1 aromatic rings. The Morgan fingerprint density at radius 1 is 1.47 bits per heavy atom. The second-order valence-corrected chi connectivity index (χ2v) is 5.24. The second kappa shape index (κ2) is 5.07. The highest BCUT2D eigenvalue weighted by Gasteiger charge is 2.18. The minimum absolute atomic E-state index is 0.706. The third-order valence-corrected chi connectivity index (χ3v) is 3.79. The van der Waals surface area contributed by atoms with Gasteiger partial charge in [-0.3, -0.25) is 4.90 Å². The second-order valence-electron chi connectivity index (χ2n) is 3.94. The predicted molar refractivity (Wildman–Crippen MR) is 62.9 cm³/mol. The van der Waals surface area contributed by atoms with Gasteiger partial charge in [0.25, 0.3) is 0 Å². The third kappa shape index (κ3) is 2.78. The lowest BCUT2D eigenvalue weighted by Crippen LogP contribution is -2.34. The SMILES string of the molecule is CCn1ncnc1CN1CCC(Br)CC1. The Morgan fingerprint density at radius 3 is 2.87 bits per heavy atom. The standard InChI is InChI=1S/C10H17BrN4/c1-2-15-10(12-8-13-15)7-14-5-3-9(11)4-6-14/h8-9H,2-7H2,1H3. The quantitative estimate of drug-likeness (QED) is 0.785. The molecule has 0 aromatic carbocycles. The largest absolute Gasteiger partial charge is 0.296 e. The molecule has 2 heterocycles. The highest BCUT2D eigenvalue weighted by atomic mass is 79.9. The maximum absolute atomic E-state index is 4.30. The Morgan fingerprint density at radius 2 is 2.20 bits per heavy atom. The summed E-state index contributed by atoms with van der Waals surface area (Å²) in [5.74, 6) is 1.09. The van der Waals surface area contributed by atoms with Gasteiger partial charge in [0.05, 0.1) is 6.54 Å². The first kappa shape index (κ1) is 11.1. The van der Waals surface area contributed by atoms with Gasteiger partial charge in [0.15, 0.2) is 0 Å². The van der Waals surface area contributed by atoms with Crippen LogP contribution < -0.4 is 0 Å². The van der Waals surface area contributed by atoms with Crippen LogP contribution in [0.2, 0.25) is 0 Å². The molecule has 0 aliphatic carbocycles. The molecule has 0 amide bonds. The van der Waals surface area contributed by atoms with Crippen molar-refractivity contribution in [1.29, 1.82) is 0 Å². The van der Waals surface area contributed by atoms with Crippen molar-refractivity contribution in [1.82, 2.24) is 19.7 Å². The predicted octanol–water partition coefficient (Wildman–Crippen LogP) is 1.66. The molecule has 0 N–H and O–H groups in total. The molecule has 84 valence electrons. The number of likely N-dealkylation sites (tertiary alicyclic amines) is 1. The smallest absolute Gasteiger partial charge is 0.140 e. The van der Waals surface area contributed by atoms with Crippen molar-refractivity contribution in [2.75, 3.05) is 13.1 Å². The maximum atomic E-state index is 4.30. The molecule has 4 nitrogen and oxygen atoms in total. The summed E-state index contributed by atoms with van der Waals surface area (Å²) >= 11 is 3.66. The summed E-state index contributed by atoms with van der Waals surface area (Å²) in [5, 5.41) is 4.18. The van der Waals surface area contributed by atoms with Crippen LogP contribution in [0.25, 0.3) is 0 Å². The van der Waals surface area contributed by atoms with E-state index in [-0.39, 0.29) is 0 Å². The van der Waals surface area contributed by atoms with E-state index in [2.05, 4.69) is 37.8 Å². The molecular formula is C10H17BrN4. The van der Waals surface area contributed by atoms with Gasteiger partial charge < -0.3 is 0 Å². The van der Waals surface area contributed by atoms with Crippen LogP contribution in [-0.4, -0.2) is 37.6 Å². The summed E-state index contributed by atoms with van der Waals surface area (Å²) < 4.78 is 1.97. The lowest BCUT2D eigenvalue weighted by Gasteiger charge is -2.28. The fraction of sp³-hybridized carbons (Fsp3) is 0.800. The number of nitrogens with zero attached hydrogens (tertiary/aromatic N) is 4. The minimum atomic E-state index is 0.706. The molecule has 2 rings (SSSR count). The Hall–Kier alpha value is -0.420. The van der Waals surface area contributed by atoms with Crippen LogP contribution in [0, 0.1) is 0 Å². The topological polar surface area (TPSA) is 34.0 Å². The first-order chi connectivity index (χ1) is 7.29. The highest BCUT2D eigenvalue weighted by molar-refractivity contribution is 9.09. The van der Waals surface area contributed by atoms with E-state index in [1.54, 1.807) is 6.33 Å². The van der Waals surface area contributed by atoms with Crippen LogP contribution in [0.4, 0.5) is 0 Å². The van der Waals surface area contributed by atoms with Gasteiger partial charge in [-0.1, -0.05) is 15.9 Å². The minimum Gasteiger partial charge on any atom is -0.296 e. The van der Waals surface area contributed by atoms with Crippen molar-refractivity contribution in [3.05, 3.63) is 12.2 Å². The molecule has 5 heteroatoms. The molecule has 0 spiro atoms. The number of aryl methyl sites for hydroxylation is 1. The molecule has 1 saturated heterocycles. The summed E-state index contributed by atoms with van der Waals surface area (Å²) in [7, 11) is 0. The van der Waals surface area contributed by atoms with Crippen LogP contribution in [-0.2, 0) is 13.1 Å². The number of aromatic nitrogens is 3. The van der Waals surface area contributed by atoms with Gasteiger partial charge in [0.1, 0.15) is 12.2 Å². The van der Waals surface area contributed by atoms with Crippen molar-refractivity contribution in [2.45, 2.75) is 37.7 Å². The van der Waals surface area contributed by atoms with Gasteiger partial charge >= 0.3 is 0 Å². The van der Waals surface area contributed by atoms with Crippen molar-refractivity contribution in [3.8, 4) is 0 Å². The lowest BCUT2D eigenvalue weighted by molar-refractivity contribution is 0.217. The summed E-state index contributed by atoms with van der Waals surface area (Å²) in [6.45, 7) is 6.26. The normalized spacial score (nSPS) is 19.6. The van der Waals surface area contributed by atoms with Gasteiger partial charge in [-0.05, 0) is 32.9 Å². The summed E-state index contributed by atoms with van der Waals surface area (Å²) in [5.41, 5.74) is 0. The number of alkyl halides is 1. The molecule has 0 unspecified atom stereocenters. The van der Waals surface area contributed by atoms with Crippen LogP contribution in [0.15, 0.2) is 6.33 Å². The van der Waals surface area contributed by atoms with E-state index in [9.17, 15) is 0 Å². The van der Waals surface area contributed by atoms with E-state index in [0.29, 0.717) is 4.83 Å². The zero-order chi connectivity index (χ0) is 10.7. The van der Waals surface area contributed by atoms with Gasteiger partial charge in [0.2, 0.25) is 0 Å². The molecule has 1 fully saturated rings. The monoisotopic (exact) mass is 272 g/mol. The molecular weight excluding hydrogens is 256 g/mol. The zero-order valence-corrected chi connectivity index (χ0v) is 10.7. The van der Waals surface area contributed by atoms with Gasteiger partial charge in [-0.2, -0.15) is 5.10 Å². The Balaban J connectivity index is 1.91. The fourth-order valence-corrected chi connectivity index (χ4v) is 2.34. The lowest BCUT2D eigenvalue weighted by atomic mass is 10.1. The van der Waals surface area contributed by atoms with Crippen LogP contribution in [0.5, 0.6) is 0 Å².